The van der Waals surface area contributed by atoms with Crippen LogP contribution >= 0.6 is 0 Å². The van der Waals surface area contributed by atoms with Crippen LogP contribution in [0.1, 0.15) is 12.8 Å². The lowest BCUT2D eigenvalue weighted by atomic mass is 10.1. The zero-order chi connectivity index (χ0) is 26.5. The molecule has 0 radical (unpaired) electrons. The van der Waals surface area contributed by atoms with E-state index in [4.69, 9.17) is 19.3 Å². The van der Waals surface area contributed by atoms with Crippen molar-refractivity contribution in [3.8, 4) is 11.5 Å². The average Bonchev–Trinajstić information content (AvgIpc) is 2.96. The minimum absolute atomic E-state index is 0.323. The van der Waals surface area contributed by atoms with Gasteiger partial charge >= 0.3 is 0 Å². The van der Waals surface area contributed by atoms with Crippen LogP contribution in [0.4, 0.5) is 23.1 Å². The second-order valence-corrected chi connectivity index (χ2v) is 10.3. The molecule has 0 saturated carbocycles. The van der Waals surface area contributed by atoms with Crippen molar-refractivity contribution in [3.63, 3.8) is 0 Å². The number of hydrogen-bond acceptors (Lipinski definition) is 9. The molecular weight excluding hydrogens is 502 g/mol. The fourth-order valence-corrected chi connectivity index (χ4v) is 5.20. The molecule has 1 aliphatic heterocycles. The Bertz CT molecular complexity index is 1440. The second-order valence-electron chi connectivity index (χ2n) is 8.95. The summed E-state index contributed by atoms with van der Waals surface area (Å²) in [7, 11) is 2.23. The van der Waals surface area contributed by atoms with Gasteiger partial charge in [-0.1, -0.05) is 24.3 Å². The van der Waals surface area contributed by atoms with Crippen molar-refractivity contribution in [2.24, 2.45) is 0 Å². The maximum Gasteiger partial charge on any atom is 0.229 e. The Morgan fingerprint density at radius 2 is 1.71 bits per heavy atom. The van der Waals surface area contributed by atoms with Gasteiger partial charge in [0.25, 0.3) is 0 Å². The highest BCUT2D eigenvalue weighted by Gasteiger charge is 2.20. The minimum atomic E-state index is -1.20. The Morgan fingerprint density at radius 1 is 0.947 bits per heavy atom. The van der Waals surface area contributed by atoms with Crippen LogP contribution in [-0.2, 0) is 15.5 Å². The highest BCUT2D eigenvalue weighted by molar-refractivity contribution is 7.84. The molecule has 198 valence electrons. The van der Waals surface area contributed by atoms with Gasteiger partial charge in [-0.15, -0.1) is 0 Å². The Balaban J connectivity index is 1.40. The summed E-state index contributed by atoms with van der Waals surface area (Å²) in [5.41, 5.74) is 5.53. The van der Waals surface area contributed by atoms with Crippen molar-refractivity contribution in [3.05, 3.63) is 66.7 Å². The molecule has 4 aromatic rings. The van der Waals surface area contributed by atoms with E-state index in [0.717, 1.165) is 48.2 Å². The van der Waals surface area contributed by atoms with Crippen molar-refractivity contribution in [2.75, 3.05) is 49.3 Å². The second kappa shape index (κ2) is 11.7. The zero-order valence-corrected chi connectivity index (χ0v) is 22.5. The number of ether oxygens (including phenoxy) is 2. The molecule has 10 heteroatoms. The monoisotopic (exact) mass is 533 g/mol. The number of fused-ring (bicyclic) bond motifs is 1. The van der Waals surface area contributed by atoms with Crippen LogP contribution in [0.25, 0.3) is 10.9 Å². The lowest BCUT2D eigenvalue weighted by molar-refractivity contribution is 0.0819. The predicted molar refractivity (Wildman–Crippen MR) is 151 cm³/mol. The molecule has 1 unspecified atom stereocenters. The number of aromatic nitrogens is 2. The zero-order valence-electron chi connectivity index (χ0n) is 21.6. The van der Waals surface area contributed by atoms with Crippen LogP contribution < -0.4 is 25.3 Å². The highest BCUT2D eigenvalue weighted by atomic mass is 32.2. The minimum Gasteiger partial charge on any atom is -0.494 e. The summed E-state index contributed by atoms with van der Waals surface area (Å²) < 4.78 is 23.3. The first-order chi connectivity index (χ1) is 18.6. The summed E-state index contributed by atoms with van der Waals surface area (Å²) in [6.07, 6.45) is 3.94. The molecule has 3 aromatic carbocycles. The fourth-order valence-electron chi connectivity index (χ4n) is 4.54. The highest BCUT2D eigenvalue weighted by Crippen LogP contribution is 2.34. The standard InChI is InChI=1S/C28H31N5O4S/c1-35-20-14-16-33(17-15-20)19-12-13-23(25(18-19)36-2)30-28-29-22-9-5-4-8-21(22)27(31-28)32-37-24-10-6-7-11-26(24)38(3)34/h4-13,18,20H,14-17H2,1-3H3,(H2,29,30,31,32). The van der Waals surface area contributed by atoms with Gasteiger partial charge in [-0.25, -0.2) is 10.5 Å². The van der Waals surface area contributed by atoms with Crippen molar-refractivity contribution in [1.29, 1.82) is 0 Å². The van der Waals surface area contributed by atoms with Gasteiger partial charge in [0, 0.05) is 43.6 Å². The van der Waals surface area contributed by atoms with Crippen molar-refractivity contribution < 1.29 is 18.5 Å². The molecule has 1 fully saturated rings. The van der Waals surface area contributed by atoms with E-state index in [9.17, 15) is 4.21 Å². The van der Waals surface area contributed by atoms with Gasteiger partial charge in [0.15, 0.2) is 11.6 Å². The van der Waals surface area contributed by atoms with E-state index in [-0.39, 0.29) is 0 Å². The van der Waals surface area contributed by atoms with E-state index < -0.39 is 10.8 Å². The van der Waals surface area contributed by atoms with Gasteiger partial charge < -0.3 is 24.5 Å². The average molecular weight is 534 g/mol. The van der Waals surface area contributed by atoms with Gasteiger partial charge in [-0.05, 0) is 49.2 Å². The van der Waals surface area contributed by atoms with Crippen LogP contribution in [0, 0.1) is 0 Å². The van der Waals surface area contributed by atoms with Crippen molar-refractivity contribution >= 4 is 44.8 Å². The van der Waals surface area contributed by atoms with E-state index in [2.05, 4.69) is 26.7 Å². The Labute approximate surface area is 224 Å². The molecule has 1 aliphatic rings. The fraction of sp³-hybridized carbons (Fsp3) is 0.286. The van der Waals surface area contributed by atoms with Crippen LogP contribution in [0.2, 0.25) is 0 Å². The summed E-state index contributed by atoms with van der Waals surface area (Å²) >= 11 is 0. The number of nitrogens with one attached hydrogen (secondary N) is 2. The van der Waals surface area contributed by atoms with Crippen LogP contribution in [0.15, 0.2) is 71.6 Å². The molecule has 1 aromatic heterocycles. The summed E-state index contributed by atoms with van der Waals surface area (Å²) in [5.74, 6) is 2.02. The number of rotatable bonds is 9. The summed E-state index contributed by atoms with van der Waals surface area (Å²) in [4.78, 5) is 18.1. The van der Waals surface area contributed by atoms with Crippen LogP contribution in [0.3, 0.4) is 0 Å². The molecule has 0 aliphatic carbocycles. The third kappa shape index (κ3) is 5.66. The maximum atomic E-state index is 12.1. The van der Waals surface area contributed by atoms with E-state index >= 15 is 0 Å². The van der Waals surface area contributed by atoms with Gasteiger partial charge in [-0.2, -0.15) is 4.98 Å². The summed E-state index contributed by atoms with van der Waals surface area (Å²) in [5, 5.41) is 4.09. The van der Waals surface area contributed by atoms with Crippen LogP contribution in [-0.4, -0.2) is 53.8 Å². The molecule has 2 N–H and O–H groups in total. The quantitative estimate of drug-likeness (QED) is 0.283. The largest absolute Gasteiger partial charge is 0.494 e. The lowest BCUT2D eigenvalue weighted by Gasteiger charge is -2.33. The van der Waals surface area contributed by atoms with E-state index in [1.165, 1.54) is 0 Å². The van der Waals surface area contributed by atoms with Gasteiger partial charge in [0.05, 0.1) is 40.1 Å². The number of benzene rings is 3. The smallest absolute Gasteiger partial charge is 0.229 e. The third-order valence-electron chi connectivity index (χ3n) is 6.59. The molecule has 0 spiro atoms. The van der Waals surface area contributed by atoms with E-state index in [1.54, 1.807) is 32.6 Å². The molecule has 1 saturated heterocycles. The SMILES string of the molecule is COc1cc(N2CCC(OC)CC2)ccc1Nc1nc(NOc2ccccc2S(C)=O)c2ccccc2n1. The Kier molecular flexibility index (Phi) is 7.90. The number of hydrogen-bond donors (Lipinski definition) is 2. The van der Waals surface area contributed by atoms with Gasteiger partial charge in [0.2, 0.25) is 5.95 Å². The maximum absolute atomic E-state index is 12.1. The van der Waals surface area contributed by atoms with E-state index in [1.807, 2.05) is 48.5 Å². The van der Waals surface area contributed by atoms with Gasteiger partial charge in [0.1, 0.15) is 5.75 Å². The number of nitrogens with zero attached hydrogens (tertiary/aromatic N) is 3. The molecule has 0 bridgehead atoms. The number of para-hydroxylation sites is 2. The van der Waals surface area contributed by atoms with Gasteiger partial charge in [-0.3, -0.25) is 4.21 Å². The molecule has 5 rings (SSSR count). The third-order valence-corrected chi connectivity index (χ3v) is 7.55. The van der Waals surface area contributed by atoms with Crippen molar-refractivity contribution in [2.45, 2.75) is 23.8 Å². The van der Waals surface area contributed by atoms with Crippen molar-refractivity contribution in [1.82, 2.24) is 9.97 Å². The predicted octanol–water partition coefficient (Wildman–Crippen LogP) is 5.14. The molecule has 9 nitrogen and oxygen atoms in total. The number of anilines is 4. The van der Waals surface area contributed by atoms with E-state index in [0.29, 0.717) is 34.3 Å². The molecule has 2 heterocycles. The first kappa shape index (κ1) is 25.7. The normalized spacial score (nSPS) is 14.8. The molecule has 1 atom stereocenters. The molecular formula is C28H31N5O4S. The summed E-state index contributed by atoms with van der Waals surface area (Å²) in [6, 6.07) is 20.9. The first-order valence-corrected chi connectivity index (χ1v) is 14.0. The molecule has 38 heavy (non-hydrogen) atoms. The Morgan fingerprint density at radius 3 is 2.47 bits per heavy atom. The number of piperidine rings is 1. The topological polar surface area (TPSA) is 97.8 Å². The Hall–Kier alpha value is -3.89. The summed E-state index contributed by atoms with van der Waals surface area (Å²) in [6.45, 7) is 1.87. The lowest BCUT2D eigenvalue weighted by Crippen LogP contribution is -2.36. The first-order valence-electron chi connectivity index (χ1n) is 12.4. The van der Waals surface area contributed by atoms with Crippen LogP contribution in [0.5, 0.6) is 11.5 Å². The molecule has 0 amide bonds. The number of methoxy groups -OCH3 is 2.